The average Bonchev–Trinajstić information content (AvgIpc) is 2.35. The molecule has 0 unspecified atom stereocenters. The van der Waals surface area contributed by atoms with Crippen molar-refractivity contribution in [3.05, 3.63) is 57.6 Å². The lowest BCUT2D eigenvalue weighted by atomic mass is 10.1. The second-order valence-corrected chi connectivity index (χ2v) is 5.85. The maximum Gasteiger partial charge on any atom is 0.106 e. The van der Waals surface area contributed by atoms with Gasteiger partial charge in [-0.15, -0.1) is 0 Å². The van der Waals surface area contributed by atoms with Gasteiger partial charge in [0.25, 0.3) is 0 Å². The number of nitrogens with one attached hydrogen (secondary N) is 1. The molecular weight excluding hydrogens is 320 g/mol. The van der Waals surface area contributed by atoms with Crippen molar-refractivity contribution in [1.82, 2.24) is 0 Å². The van der Waals surface area contributed by atoms with E-state index in [1.54, 1.807) is 0 Å². The van der Waals surface area contributed by atoms with Crippen LogP contribution in [0.3, 0.4) is 0 Å². The average molecular weight is 335 g/mol. The quantitative estimate of drug-likeness (QED) is 0.814. The number of aryl methyl sites for hydroxylation is 2. The number of halogens is 1. The van der Waals surface area contributed by atoms with E-state index in [0.717, 1.165) is 32.5 Å². The van der Waals surface area contributed by atoms with Crippen molar-refractivity contribution in [1.29, 1.82) is 0 Å². The van der Waals surface area contributed by atoms with Gasteiger partial charge < -0.3 is 11.1 Å². The molecule has 0 aliphatic rings. The minimum absolute atomic E-state index is 0.402. The maximum absolute atomic E-state index is 5.79. The van der Waals surface area contributed by atoms with Gasteiger partial charge in [0.15, 0.2) is 0 Å². The molecule has 0 bridgehead atoms. The fourth-order valence-electron chi connectivity index (χ4n) is 1.84. The molecular formula is C15H15BrN2S. The molecule has 0 saturated heterocycles. The second kappa shape index (κ2) is 5.72. The van der Waals surface area contributed by atoms with Crippen molar-refractivity contribution in [3.63, 3.8) is 0 Å². The Hall–Kier alpha value is -1.39. The summed E-state index contributed by atoms with van der Waals surface area (Å²) in [4.78, 5) is 0.402. The van der Waals surface area contributed by atoms with Gasteiger partial charge in [0.05, 0.1) is 0 Å². The summed E-state index contributed by atoms with van der Waals surface area (Å²) in [5.74, 6) is 0. The van der Waals surface area contributed by atoms with E-state index in [2.05, 4.69) is 34.2 Å². The number of anilines is 2. The molecule has 2 nitrogen and oxygen atoms in total. The normalized spacial score (nSPS) is 10.3. The Labute approximate surface area is 127 Å². The van der Waals surface area contributed by atoms with Crippen molar-refractivity contribution in [3.8, 4) is 0 Å². The third kappa shape index (κ3) is 3.33. The smallest absolute Gasteiger partial charge is 0.106 e. The molecule has 0 aliphatic heterocycles. The van der Waals surface area contributed by atoms with E-state index in [1.807, 2.05) is 37.3 Å². The van der Waals surface area contributed by atoms with Gasteiger partial charge in [0, 0.05) is 21.4 Å². The molecule has 2 aromatic rings. The zero-order valence-electron chi connectivity index (χ0n) is 10.8. The standard InChI is InChI=1S/C15H15BrN2S/c1-9-3-6-13(12(7-9)15(17)19)18-14-8-11(16)5-4-10(14)2/h3-8,18H,1-2H3,(H2,17,19). The summed E-state index contributed by atoms with van der Waals surface area (Å²) >= 11 is 8.59. The van der Waals surface area contributed by atoms with E-state index in [4.69, 9.17) is 18.0 Å². The number of rotatable bonds is 3. The molecule has 4 heteroatoms. The predicted molar refractivity (Wildman–Crippen MR) is 89.2 cm³/mol. The Morgan fingerprint density at radius 3 is 2.53 bits per heavy atom. The van der Waals surface area contributed by atoms with Crippen LogP contribution >= 0.6 is 28.1 Å². The molecule has 2 aromatic carbocycles. The molecule has 2 rings (SSSR count). The van der Waals surface area contributed by atoms with E-state index in [9.17, 15) is 0 Å². The van der Waals surface area contributed by atoms with Gasteiger partial charge in [-0.2, -0.15) is 0 Å². The first-order chi connectivity index (χ1) is 8.97. The van der Waals surface area contributed by atoms with Gasteiger partial charge in [0.1, 0.15) is 4.99 Å². The van der Waals surface area contributed by atoms with Gasteiger partial charge in [-0.25, -0.2) is 0 Å². The van der Waals surface area contributed by atoms with Crippen LogP contribution in [0.1, 0.15) is 16.7 Å². The first-order valence-corrected chi connectivity index (χ1v) is 7.11. The number of hydrogen-bond donors (Lipinski definition) is 2. The van der Waals surface area contributed by atoms with Crippen molar-refractivity contribution >= 4 is 44.5 Å². The van der Waals surface area contributed by atoms with Crippen LogP contribution in [0, 0.1) is 13.8 Å². The fourth-order valence-corrected chi connectivity index (χ4v) is 2.37. The van der Waals surface area contributed by atoms with Crippen LogP contribution < -0.4 is 11.1 Å². The van der Waals surface area contributed by atoms with E-state index in [0.29, 0.717) is 4.99 Å². The lowest BCUT2D eigenvalue weighted by Gasteiger charge is -2.14. The van der Waals surface area contributed by atoms with E-state index >= 15 is 0 Å². The third-order valence-electron chi connectivity index (χ3n) is 2.91. The zero-order chi connectivity index (χ0) is 14.0. The molecule has 98 valence electrons. The van der Waals surface area contributed by atoms with Gasteiger partial charge in [-0.05, 0) is 43.7 Å². The summed E-state index contributed by atoms with van der Waals surface area (Å²) in [6, 6.07) is 12.2. The van der Waals surface area contributed by atoms with Gasteiger partial charge in [0.2, 0.25) is 0 Å². The molecule has 0 aromatic heterocycles. The van der Waals surface area contributed by atoms with Crippen LogP contribution in [0.25, 0.3) is 0 Å². The number of thiocarbonyl (C=S) groups is 1. The monoisotopic (exact) mass is 334 g/mol. The molecule has 0 aliphatic carbocycles. The maximum atomic E-state index is 5.79. The fraction of sp³-hybridized carbons (Fsp3) is 0.133. The Morgan fingerprint density at radius 1 is 1.11 bits per heavy atom. The van der Waals surface area contributed by atoms with Crippen LogP contribution in [-0.2, 0) is 0 Å². The summed E-state index contributed by atoms with van der Waals surface area (Å²) in [6.45, 7) is 4.08. The molecule has 3 N–H and O–H groups in total. The minimum atomic E-state index is 0.402. The number of nitrogens with two attached hydrogens (primary N) is 1. The first-order valence-electron chi connectivity index (χ1n) is 5.91. The van der Waals surface area contributed by atoms with Gasteiger partial charge in [-0.3, -0.25) is 0 Å². The lowest BCUT2D eigenvalue weighted by molar-refractivity contribution is 1.39. The van der Waals surface area contributed by atoms with Crippen molar-refractivity contribution < 1.29 is 0 Å². The third-order valence-corrected chi connectivity index (χ3v) is 3.62. The van der Waals surface area contributed by atoms with Crippen molar-refractivity contribution in [2.45, 2.75) is 13.8 Å². The summed E-state index contributed by atoms with van der Waals surface area (Å²) in [6.07, 6.45) is 0. The van der Waals surface area contributed by atoms with E-state index in [1.165, 1.54) is 0 Å². The summed E-state index contributed by atoms with van der Waals surface area (Å²) < 4.78 is 1.03. The van der Waals surface area contributed by atoms with Crippen molar-refractivity contribution in [2.75, 3.05) is 5.32 Å². The molecule has 19 heavy (non-hydrogen) atoms. The number of benzene rings is 2. The molecule has 0 spiro atoms. The zero-order valence-corrected chi connectivity index (χ0v) is 13.2. The number of hydrogen-bond acceptors (Lipinski definition) is 2. The molecule has 0 atom stereocenters. The lowest BCUT2D eigenvalue weighted by Crippen LogP contribution is -2.12. The van der Waals surface area contributed by atoms with Crippen LogP contribution in [0.5, 0.6) is 0 Å². The summed E-state index contributed by atoms with van der Waals surface area (Å²) in [7, 11) is 0. The summed E-state index contributed by atoms with van der Waals surface area (Å²) in [5.41, 5.74) is 10.9. The van der Waals surface area contributed by atoms with E-state index < -0.39 is 0 Å². The Morgan fingerprint density at radius 2 is 1.84 bits per heavy atom. The predicted octanol–water partition coefficient (Wildman–Crippen LogP) is 4.44. The summed E-state index contributed by atoms with van der Waals surface area (Å²) in [5, 5.41) is 3.39. The topological polar surface area (TPSA) is 38.0 Å². The SMILES string of the molecule is Cc1ccc(Nc2cc(Br)ccc2C)c(C(N)=S)c1. The molecule has 0 saturated carbocycles. The molecule has 0 amide bonds. The first kappa shape index (κ1) is 14.0. The van der Waals surface area contributed by atoms with Crippen LogP contribution in [0.4, 0.5) is 11.4 Å². The van der Waals surface area contributed by atoms with Crippen LogP contribution in [-0.4, -0.2) is 4.99 Å². The highest BCUT2D eigenvalue weighted by Crippen LogP contribution is 2.27. The minimum Gasteiger partial charge on any atom is -0.389 e. The Balaban J connectivity index is 2.43. The van der Waals surface area contributed by atoms with Crippen LogP contribution in [0.15, 0.2) is 40.9 Å². The Bertz CT molecular complexity index is 638. The Kier molecular flexibility index (Phi) is 4.22. The molecule has 0 fully saturated rings. The molecule has 0 heterocycles. The molecule has 0 radical (unpaired) electrons. The van der Waals surface area contributed by atoms with Gasteiger partial charge >= 0.3 is 0 Å². The van der Waals surface area contributed by atoms with Crippen molar-refractivity contribution in [2.24, 2.45) is 5.73 Å². The van der Waals surface area contributed by atoms with E-state index in [-0.39, 0.29) is 0 Å². The van der Waals surface area contributed by atoms with Gasteiger partial charge in [-0.1, -0.05) is 45.8 Å². The second-order valence-electron chi connectivity index (χ2n) is 4.50. The highest BCUT2D eigenvalue weighted by molar-refractivity contribution is 9.10. The highest BCUT2D eigenvalue weighted by atomic mass is 79.9. The highest BCUT2D eigenvalue weighted by Gasteiger charge is 2.07. The largest absolute Gasteiger partial charge is 0.389 e. The van der Waals surface area contributed by atoms with Crippen LogP contribution in [0.2, 0.25) is 0 Å².